The van der Waals surface area contributed by atoms with Crippen molar-refractivity contribution < 1.29 is 14.3 Å². The lowest BCUT2D eigenvalue weighted by atomic mass is 10.1. The second-order valence-corrected chi connectivity index (χ2v) is 8.10. The molecule has 0 fully saturated rings. The van der Waals surface area contributed by atoms with Crippen LogP contribution in [0.4, 0.5) is 5.69 Å². The fourth-order valence-electron chi connectivity index (χ4n) is 4.07. The first-order valence-corrected chi connectivity index (χ1v) is 11.6. The maximum Gasteiger partial charge on any atom is 0.255 e. The number of ether oxygens (including phenoxy) is 1. The SMILES string of the molecule is CCOc1ccccc1C(=O)NCCCC(=O)Nc1ccc(-c2ncc3n2CCCC3)cc1. The maximum atomic E-state index is 12.4. The molecule has 7 heteroatoms. The first-order valence-electron chi connectivity index (χ1n) is 11.6. The molecule has 2 N–H and O–H groups in total. The second-order valence-electron chi connectivity index (χ2n) is 8.10. The molecule has 4 rings (SSSR count). The van der Waals surface area contributed by atoms with E-state index in [0.29, 0.717) is 37.3 Å². The lowest BCUT2D eigenvalue weighted by molar-refractivity contribution is -0.116. The summed E-state index contributed by atoms with van der Waals surface area (Å²) in [6.45, 7) is 3.80. The summed E-state index contributed by atoms with van der Waals surface area (Å²) in [6.07, 6.45) is 6.33. The number of aryl methyl sites for hydroxylation is 1. The van der Waals surface area contributed by atoms with Crippen LogP contribution in [0.25, 0.3) is 11.4 Å². The molecule has 3 aromatic rings. The molecular formula is C26H30N4O3. The number of hydrogen-bond acceptors (Lipinski definition) is 4. The van der Waals surface area contributed by atoms with Gasteiger partial charge in [-0.15, -0.1) is 0 Å². The average molecular weight is 447 g/mol. The van der Waals surface area contributed by atoms with E-state index in [2.05, 4.69) is 20.2 Å². The van der Waals surface area contributed by atoms with Crippen molar-refractivity contribution in [3.05, 3.63) is 66.0 Å². The summed E-state index contributed by atoms with van der Waals surface area (Å²) in [4.78, 5) is 29.3. The molecule has 1 aliphatic rings. The minimum Gasteiger partial charge on any atom is -0.493 e. The number of para-hydroxylation sites is 1. The number of anilines is 1. The summed E-state index contributed by atoms with van der Waals surface area (Å²) in [5.74, 6) is 1.28. The zero-order chi connectivity index (χ0) is 23.0. The Labute approximate surface area is 194 Å². The van der Waals surface area contributed by atoms with Gasteiger partial charge in [0.15, 0.2) is 0 Å². The highest BCUT2D eigenvalue weighted by molar-refractivity contribution is 5.97. The van der Waals surface area contributed by atoms with Crippen molar-refractivity contribution in [3.63, 3.8) is 0 Å². The van der Waals surface area contributed by atoms with Crippen molar-refractivity contribution in [2.24, 2.45) is 0 Å². The van der Waals surface area contributed by atoms with Crippen molar-refractivity contribution in [2.45, 2.75) is 45.6 Å². The number of benzene rings is 2. The summed E-state index contributed by atoms with van der Waals surface area (Å²) in [5.41, 5.74) is 3.60. The molecule has 2 heterocycles. The van der Waals surface area contributed by atoms with Gasteiger partial charge in [0.05, 0.1) is 12.2 Å². The van der Waals surface area contributed by atoms with Crippen LogP contribution in [0.5, 0.6) is 5.75 Å². The van der Waals surface area contributed by atoms with E-state index in [-0.39, 0.29) is 11.8 Å². The highest BCUT2D eigenvalue weighted by Gasteiger charge is 2.15. The van der Waals surface area contributed by atoms with Gasteiger partial charge in [0.1, 0.15) is 11.6 Å². The van der Waals surface area contributed by atoms with Gasteiger partial charge in [-0.3, -0.25) is 9.59 Å². The normalized spacial score (nSPS) is 12.6. The number of fused-ring (bicyclic) bond motifs is 1. The van der Waals surface area contributed by atoms with Gasteiger partial charge in [-0.25, -0.2) is 4.98 Å². The summed E-state index contributed by atoms with van der Waals surface area (Å²) in [6, 6.07) is 15.0. The first-order chi connectivity index (χ1) is 16.2. The number of amides is 2. The fraction of sp³-hybridized carbons (Fsp3) is 0.346. The number of aromatic nitrogens is 2. The molecule has 172 valence electrons. The quantitative estimate of drug-likeness (QED) is 0.476. The van der Waals surface area contributed by atoms with Gasteiger partial charge in [0.2, 0.25) is 5.91 Å². The zero-order valence-electron chi connectivity index (χ0n) is 19.0. The Balaban J connectivity index is 1.23. The summed E-state index contributed by atoms with van der Waals surface area (Å²) in [5, 5.41) is 5.78. The summed E-state index contributed by atoms with van der Waals surface area (Å²) >= 11 is 0. The van der Waals surface area contributed by atoms with Gasteiger partial charge in [0.25, 0.3) is 5.91 Å². The zero-order valence-corrected chi connectivity index (χ0v) is 19.0. The predicted molar refractivity (Wildman–Crippen MR) is 128 cm³/mol. The number of rotatable bonds is 9. The van der Waals surface area contributed by atoms with Crippen molar-refractivity contribution in [3.8, 4) is 17.1 Å². The Morgan fingerprint density at radius 3 is 2.73 bits per heavy atom. The van der Waals surface area contributed by atoms with Crippen LogP contribution in [-0.2, 0) is 17.8 Å². The molecule has 0 bridgehead atoms. The average Bonchev–Trinajstić information content (AvgIpc) is 3.27. The lowest BCUT2D eigenvalue weighted by Crippen LogP contribution is -2.26. The minimum atomic E-state index is -0.198. The molecule has 2 aromatic carbocycles. The standard InChI is InChI=1S/C26H30N4O3/c1-2-33-23-10-4-3-9-22(23)26(32)27-16-7-11-24(31)29-20-14-12-19(13-15-20)25-28-18-21-8-5-6-17-30(21)25/h3-4,9-10,12-15,18H,2,5-8,11,16-17H2,1H3,(H,27,32)(H,29,31). The molecule has 0 aliphatic carbocycles. The number of carbonyl (C=O) groups is 2. The van der Waals surface area contributed by atoms with Crippen LogP contribution in [0.2, 0.25) is 0 Å². The fourth-order valence-corrected chi connectivity index (χ4v) is 4.07. The van der Waals surface area contributed by atoms with E-state index < -0.39 is 0 Å². The van der Waals surface area contributed by atoms with Gasteiger partial charge in [-0.2, -0.15) is 0 Å². The van der Waals surface area contributed by atoms with E-state index in [1.807, 2.05) is 43.5 Å². The third-order valence-corrected chi connectivity index (χ3v) is 5.73. The number of imidazole rings is 1. The van der Waals surface area contributed by atoms with E-state index in [9.17, 15) is 9.59 Å². The van der Waals surface area contributed by atoms with Crippen LogP contribution in [0.3, 0.4) is 0 Å². The Bertz CT molecular complexity index is 1100. The Kier molecular flexibility index (Phi) is 7.40. The van der Waals surface area contributed by atoms with Gasteiger partial charge in [-0.1, -0.05) is 12.1 Å². The second kappa shape index (κ2) is 10.8. The number of nitrogens with zero attached hydrogens (tertiary/aromatic N) is 2. The monoisotopic (exact) mass is 446 g/mol. The largest absolute Gasteiger partial charge is 0.493 e. The molecule has 0 atom stereocenters. The van der Waals surface area contributed by atoms with Crippen LogP contribution in [0.15, 0.2) is 54.7 Å². The van der Waals surface area contributed by atoms with Gasteiger partial charge < -0.3 is 19.9 Å². The molecule has 0 unspecified atom stereocenters. The molecule has 0 saturated heterocycles. The van der Waals surface area contributed by atoms with E-state index in [1.165, 1.54) is 18.5 Å². The van der Waals surface area contributed by atoms with Crippen LogP contribution in [-0.4, -0.2) is 34.5 Å². The molecule has 0 radical (unpaired) electrons. The van der Waals surface area contributed by atoms with Gasteiger partial charge >= 0.3 is 0 Å². The third-order valence-electron chi connectivity index (χ3n) is 5.73. The van der Waals surface area contributed by atoms with Crippen LogP contribution < -0.4 is 15.4 Å². The Morgan fingerprint density at radius 2 is 1.91 bits per heavy atom. The highest BCUT2D eigenvalue weighted by Crippen LogP contribution is 2.25. The summed E-state index contributed by atoms with van der Waals surface area (Å²) in [7, 11) is 0. The maximum absolute atomic E-state index is 12.4. The van der Waals surface area contributed by atoms with Crippen molar-refractivity contribution in [1.82, 2.24) is 14.9 Å². The molecule has 1 aromatic heterocycles. The Morgan fingerprint density at radius 1 is 1.09 bits per heavy atom. The smallest absolute Gasteiger partial charge is 0.255 e. The molecule has 0 saturated carbocycles. The molecule has 0 spiro atoms. The lowest BCUT2D eigenvalue weighted by Gasteiger charge is -2.16. The van der Waals surface area contributed by atoms with Crippen LogP contribution >= 0.6 is 0 Å². The highest BCUT2D eigenvalue weighted by atomic mass is 16.5. The van der Waals surface area contributed by atoms with Gasteiger partial charge in [-0.05, 0) is 69.0 Å². The first kappa shape index (κ1) is 22.6. The number of nitrogens with one attached hydrogen (secondary N) is 2. The minimum absolute atomic E-state index is 0.0788. The molecular weight excluding hydrogens is 416 g/mol. The van der Waals surface area contributed by atoms with Crippen molar-refractivity contribution in [1.29, 1.82) is 0 Å². The topological polar surface area (TPSA) is 85.2 Å². The van der Waals surface area contributed by atoms with Crippen molar-refractivity contribution >= 4 is 17.5 Å². The van der Waals surface area contributed by atoms with E-state index in [4.69, 9.17) is 4.74 Å². The summed E-state index contributed by atoms with van der Waals surface area (Å²) < 4.78 is 7.79. The van der Waals surface area contributed by atoms with E-state index >= 15 is 0 Å². The van der Waals surface area contributed by atoms with Crippen LogP contribution in [0, 0.1) is 0 Å². The molecule has 1 aliphatic heterocycles. The molecule has 2 amide bonds. The predicted octanol–water partition coefficient (Wildman–Crippen LogP) is 4.43. The van der Waals surface area contributed by atoms with Gasteiger partial charge in [0, 0.05) is 42.7 Å². The van der Waals surface area contributed by atoms with Crippen LogP contribution in [0.1, 0.15) is 48.7 Å². The number of carbonyl (C=O) groups excluding carboxylic acids is 2. The third kappa shape index (κ3) is 5.61. The molecule has 7 nitrogen and oxygen atoms in total. The van der Waals surface area contributed by atoms with E-state index in [1.54, 1.807) is 18.2 Å². The Hall–Kier alpha value is -3.61. The van der Waals surface area contributed by atoms with Crippen molar-refractivity contribution in [2.75, 3.05) is 18.5 Å². The molecule has 33 heavy (non-hydrogen) atoms. The van der Waals surface area contributed by atoms with E-state index in [0.717, 1.165) is 30.0 Å². The number of hydrogen-bond donors (Lipinski definition) is 2.